The molecular formula is C15H35P. The van der Waals surface area contributed by atoms with E-state index in [0.29, 0.717) is 0 Å². The molecule has 0 N–H and O–H groups in total. The van der Waals surface area contributed by atoms with E-state index in [1.165, 1.54) is 44.9 Å². The first kappa shape index (κ1) is 16.4. The molecule has 0 atom stereocenters. The Hall–Kier alpha value is 0.430. The van der Waals surface area contributed by atoms with Crippen molar-refractivity contribution in [3.8, 4) is 0 Å². The Morgan fingerprint density at radius 1 is 0.500 bits per heavy atom. The molecule has 0 aromatic carbocycles. The summed E-state index contributed by atoms with van der Waals surface area (Å²) in [5, 5.41) is 0. The zero-order valence-corrected chi connectivity index (χ0v) is 13.3. The van der Waals surface area contributed by atoms with Crippen molar-refractivity contribution in [1.29, 1.82) is 0 Å². The summed E-state index contributed by atoms with van der Waals surface area (Å²) in [6, 6.07) is 0. The Morgan fingerprint density at radius 3 is 1.12 bits per heavy atom. The molecule has 0 rings (SSSR count). The molecule has 0 aromatic heterocycles. The van der Waals surface area contributed by atoms with Gasteiger partial charge in [-0.05, 0) is 0 Å². The van der Waals surface area contributed by atoms with E-state index in [1.807, 2.05) is 0 Å². The normalized spacial score (nSPS) is 13.0. The van der Waals surface area contributed by atoms with Crippen molar-refractivity contribution >= 4 is 7.26 Å². The molecule has 100 valence electrons. The summed E-state index contributed by atoms with van der Waals surface area (Å²) in [5.41, 5.74) is 0. The van der Waals surface area contributed by atoms with Crippen molar-refractivity contribution in [3.63, 3.8) is 0 Å². The quantitative estimate of drug-likeness (QED) is 0.419. The molecule has 0 amide bonds. The van der Waals surface area contributed by atoms with Gasteiger partial charge in [-0.15, -0.1) is 0 Å². The van der Waals surface area contributed by atoms with E-state index in [4.69, 9.17) is 0 Å². The Morgan fingerprint density at radius 2 is 0.875 bits per heavy atom. The second kappa shape index (κ2) is 10.6. The van der Waals surface area contributed by atoms with E-state index in [-0.39, 0.29) is 0 Å². The Kier molecular flexibility index (Phi) is 10.9. The van der Waals surface area contributed by atoms with Gasteiger partial charge < -0.3 is 0 Å². The van der Waals surface area contributed by atoms with Gasteiger partial charge in [0.2, 0.25) is 0 Å². The van der Waals surface area contributed by atoms with Crippen LogP contribution in [0, 0.1) is 0 Å². The van der Waals surface area contributed by atoms with E-state index >= 15 is 0 Å². The Bertz CT molecular complexity index is 121. The third-order valence-corrected chi connectivity index (χ3v) is 9.77. The van der Waals surface area contributed by atoms with Crippen LogP contribution < -0.4 is 0 Å². The molecule has 0 radical (unpaired) electrons. The van der Waals surface area contributed by atoms with Crippen molar-refractivity contribution in [1.82, 2.24) is 0 Å². The molecule has 0 saturated heterocycles. The van der Waals surface area contributed by atoms with Crippen LogP contribution in [0.3, 0.4) is 0 Å². The van der Waals surface area contributed by atoms with Gasteiger partial charge in [-0.1, -0.05) is 0 Å². The molecule has 0 aromatic rings. The maximum absolute atomic E-state index is 2.39. The molecule has 0 bridgehead atoms. The molecule has 0 aliphatic rings. The standard InChI is InChI=1S/C15H35P/c1-5-9-13-16(12-8-4,14-10-6-2)15-11-7-3/h16H,5-15H2,1-4H3. The predicted octanol–water partition coefficient (Wildman–Crippen LogP) is 5.55. The molecule has 0 fully saturated rings. The summed E-state index contributed by atoms with van der Waals surface area (Å²) in [6.45, 7) is 9.45. The fraction of sp³-hybridized carbons (Fsp3) is 1.00. The van der Waals surface area contributed by atoms with E-state index < -0.39 is 7.26 Å². The van der Waals surface area contributed by atoms with Gasteiger partial charge in [0, 0.05) is 0 Å². The summed E-state index contributed by atoms with van der Waals surface area (Å²) < 4.78 is 0. The van der Waals surface area contributed by atoms with Gasteiger partial charge in [-0.2, -0.15) is 0 Å². The van der Waals surface area contributed by atoms with Crippen LogP contribution >= 0.6 is 7.26 Å². The molecule has 0 unspecified atom stereocenters. The van der Waals surface area contributed by atoms with Crippen molar-refractivity contribution in [2.24, 2.45) is 0 Å². The van der Waals surface area contributed by atoms with Crippen molar-refractivity contribution in [2.45, 2.75) is 72.6 Å². The van der Waals surface area contributed by atoms with Crippen molar-refractivity contribution < 1.29 is 0 Å². The molecule has 0 heterocycles. The van der Waals surface area contributed by atoms with E-state index in [1.54, 1.807) is 24.6 Å². The molecule has 0 saturated carbocycles. The van der Waals surface area contributed by atoms with E-state index in [9.17, 15) is 0 Å². The molecule has 0 aliphatic heterocycles. The maximum atomic E-state index is 2.39. The molecule has 16 heavy (non-hydrogen) atoms. The zero-order valence-electron chi connectivity index (χ0n) is 12.3. The van der Waals surface area contributed by atoms with Crippen molar-refractivity contribution in [2.75, 3.05) is 24.6 Å². The molecule has 1 heteroatoms. The molecule has 0 spiro atoms. The first-order valence-electron chi connectivity index (χ1n) is 7.74. The van der Waals surface area contributed by atoms with Gasteiger partial charge in [0.25, 0.3) is 0 Å². The molecule has 0 aliphatic carbocycles. The fourth-order valence-electron chi connectivity index (χ4n) is 2.94. The molecule has 0 nitrogen and oxygen atoms in total. The average molecular weight is 246 g/mol. The van der Waals surface area contributed by atoms with Crippen LogP contribution in [0.15, 0.2) is 0 Å². The minimum atomic E-state index is -0.858. The third-order valence-electron chi connectivity index (χ3n) is 3.96. The zero-order chi connectivity index (χ0) is 12.3. The van der Waals surface area contributed by atoms with Gasteiger partial charge in [0.1, 0.15) is 0 Å². The predicted molar refractivity (Wildman–Crippen MR) is 82.8 cm³/mol. The van der Waals surface area contributed by atoms with Gasteiger partial charge in [-0.3, -0.25) is 0 Å². The summed E-state index contributed by atoms with van der Waals surface area (Å²) in [4.78, 5) is 0. The fourth-order valence-corrected chi connectivity index (χ4v) is 8.81. The average Bonchev–Trinajstić information content (AvgIpc) is 2.31. The summed E-state index contributed by atoms with van der Waals surface area (Å²) in [5.74, 6) is 0. The second-order valence-corrected chi connectivity index (χ2v) is 10.6. The first-order valence-corrected chi connectivity index (χ1v) is 10.6. The minimum absolute atomic E-state index is 0.858. The molecular weight excluding hydrogens is 211 g/mol. The van der Waals surface area contributed by atoms with Crippen LogP contribution in [0.2, 0.25) is 0 Å². The number of hydrogen-bond acceptors (Lipinski definition) is 0. The van der Waals surface area contributed by atoms with E-state index in [2.05, 4.69) is 27.7 Å². The Labute approximate surface area is 105 Å². The van der Waals surface area contributed by atoms with Crippen LogP contribution in [0.1, 0.15) is 72.6 Å². The SMILES string of the molecule is CCCC[PH](CCC)(CCCC)CCCC. The van der Waals surface area contributed by atoms with Crippen molar-refractivity contribution in [3.05, 3.63) is 0 Å². The summed E-state index contributed by atoms with van der Waals surface area (Å²) in [6.07, 6.45) is 16.6. The van der Waals surface area contributed by atoms with Crippen LogP contribution in [0.4, 0.5) is 0 Å². The Balaban J connectivity index is 4.32. The number of hydrogen-bond donors (Lipinski definition) is 0. The summed E-state index contributed by atoms with van der Waals surface area (Å²) >= 11 is 0. The van der Waals surface area contributed by atoms with Gasteiger partial charge in [0.15, 0.2) is 0 Å². The van der Waals surface area contributed by atoms with Crippen LogP contribution in [0.5, 0.6) is 0 Å². The van der Waals surface area contributed by atoms with Crippen LogP contribution in [-0.2, 0) is 0 Å². The second-order valence-electron chi connectivity index (χ2n) is 5.56. The summed E-state index contributed by atoms with van der Waals surface area (Å²) in [7, 11) is -0.858. The number of unbranched alkanes of at least 4 members (excludes halogenated alkanes) is 3. The van der Waals surface area contributed by atoms with Gasteiger partial charge >= 0.3 is 105 Å². The van der Waals surface area contributed by atoms with E-state index in [0.717, 1.165) is 0 Å². The first-order chi connectivity index (χ1) is 7.74. The van der Waals surface area contributed by atoms with Crippen LogP contribution in [-0.4, -0.2) is 24.6 Å². The monoisotopic (exact) mass is 246 g/mol. The van der Waals surface area contributed by atoms with Crippen LogP contribution in [0.25, 0.3) is 0 Å². The van der Waals surface area contributed by atoms with Gasteiger partial charge in [0.05, 0.1) is 0 Å². The van der Waals surface area contributed by atoms with Gasteiger partial charge in [-0.25, -0.2) is 0 Å². The topological polar surface area (TPSA) is 0 Å². The third kappa shape index (κ3) is 6.89. The number of rotatable bonds is 11.